The molecule has 1 aliphatic heterocycles. The minimum absolute atomic E-state index is 0.0283. The monoisotopic (exact) mass is 351 g/mol. The standard InChI is InChI=1S/C17H15BClN5O/c1-9(21)15-14-7-18(8-20)3-4-24(14)23-16(15)11-5-12(19)17-13(6-11)22-10(2)25-17/h5-6H,1,3-4,7,21H2,2H3. The minimum Gasteiger partial charge on any atom is -0.439 e. The van der Waals surface area contributed by atoms with Crippen molar-refractivity contribution in [3.63, 3.8) is 0 Å². The van der Waals surface area contributed by atoms with Gasteiger partial charge in [-0.3, -0.25) is 4.68 Å². The molecule has 0 aliphatic carbocycles. The first-order valence-electron chi connectivity index (χ1n) is 7.99. The van der Waals surface area contributed by atoms with E-state index in [1.807, 2.05) is 10.7 Å². The highest BCUT2D eigenvalue weighted by molar-refractivity contribution is 6.66. The molecule has 8 heteroatoms. The SMILES string of the molecule is C=C(N)c1c(-c2cc(Cl)c3oc(C)nc3c2)nn2c1CB(C#N)CC2. The third-order valence-corrected chi connectivity index (χ3v) is 4.80. The number of aryl methyl sites for hydroxylation is 2. The summed E-state index contributed by atoms with van der Waals surface area (Å²) in [5, 5.41) is 14.4. The van der Waals surface area contributed by atoms with Crippen molar-refractivity contribution in [3.8, 4) is 17.2 Å². The average Bonchev–Trinajstić information content (AvgIpc) is 3.14. The van der Waals surface area contributed by atoms with E-state index in [1.165, 1.54) is 0 Å². The number of hydrogen-bond acceptors (Lipinski definition) is 5. The van der Waals surface area contributed by atoms with Crippen LogP contribution in [-0.4, -0.2) is 21.5 Å². The maximum Gasteiger partial charge on any atom is 0.275 e. The summed E-state index contributed by atoms with van der Waals surface area (Å²) in [4.78, 5) is 4.36. The molecule has 0 saturated heterocycles. The highest BCUT2D eigenvalue weighted by Gasteiger charge is 2.29. The average molecular weight is 352 g/mol. The molecular formula is C17H15BClN5O. The summed E-state index contributed by atoms with van der Waals surface area (Å²) >= 11 is 6.36. The van der Waals surface area contributed by atoms with E-state index in [9.17, 15) is 5.26 Å². The van der Waals surface area contributed by atoms with Crippen LogP contribution in [0.4, 0.5) is 0 Å². The van der Waals surface area contributed by atoms with Gasteiger partial charge < -0.3 is 10.2 Å². The van der Waals surface area contributed by atoms with Crippen LogP contribution in [0.25, 0.3) is 28.1 Å². The van der Waals surface area contributed by atoms with Gasteiger partial charge in [0.1, 0.15) is 11.2 Å². The summed E-state index contributed by atoms with van der Waals surface area (Å²) in [5.74, 6) is 2.90. The largest absolute Gasteiger partial charge is 0.439 e. The zero-order chi connectivity index (χ0) is 17.7. The van der Waals surface area contributed by atoms with Gasteiger partial charge in [-0.15, -0.1) is 0 Å². The lowest BCUT2D eigenvalue weighted by atomic mass is 9.44. The molecule has 0 spiro atoms. The number of nitrogens with two attached hydrogens (primary N) is 1. The fourth-order valence-electron chi connectivity index (χ4n) is 3.39. The number of oxazole rings is 1. The predicted octanol–water partition coefficient (Wildman–Crippen LogP) is 3.24. The van der Waals surface area contributed by atoms with E-state index in [0.717, 1.165) is 23.1 Å². The Bertz CT molecular complexity index is 1060. The Kier molecular flexibility index (Phi) is 3.58. The quantitative estimate of drug-likeness (QED) is 0.715. The first kappa shape index (κ1) is 15.8. The Morgan fingerprint density at radius 2 is 2.32 bits per heavy atom. The van der Waals surface area contributed by atoms with Gasteiger partial charge in [-0.1, -0.05) is 18.2 Å². The third kappa shape index (κ3) is 2.50. The van der Waals surface area contributed by atoms with E-state index in [1.54, 1.807) is 13.0 Å². The van der Waals surface area contributed by atoms with Gasteiger partial charge in [0.05, 0.1) is 5.02 Å². The van der Waals surface area contributed by atoms with E-state index in [-0.39, 0.29) is 6.71 Å². The zero-order valence-electron chi connectivity index (χ0n) is 13.7. The molecule has 124 valence electrons. The number of nitrogens with zero attached hydrogens (tertiary/aromatic N) is 4. The maximum absolute atomic E-state index is 9.26. The second-order valence-corrected chi connectivity index (χ2v) is 6.68. The van der Waals surface area contributed by atoms with Crippen molar-refractivity contribution in [1.29, 1.82) is 5.26 Å². The molecule has 2 N–H and O–H groups in total. The lowest BCUT2D eigenvalue weighted by molar-refractivity contribution is 0.561. The predicted molar refractivity (Wildman–Crippen MR) is 98.1 cm³/mol. The number of benzene rings is 1. The summed E-state index contributed by atoms with van der Waals surface area (Å²) in [6.07, 6.45) is 1.40. The number of nitriles is 1. The van der Waals surface area contributed by atoms with E-state index in [4.69, 9.17) is 26.9 Å². The number of aromatic nitrogens is 3. The van der Waals surface area contributed by atoms with Gasteiger partial charge in [0.25, 0.3) is 6.71 Å². The van der Waals surface area contributed by atoms with Crippen LogP contribution in [0.3, 0.4) is 0 Å². The van der Waals surface area contributed by atoms with Crippen molar-refractivity contribution < 1.29 is 4.42 Å². The van der Waals surface area contributed by atoms with Crippen LogP contribution in [0.15, 0.2) is 23.1 Å². The van der Waals surface area contributed by atoms with Crippen LogP contribution in [0.2, 0.25) is 11.3 Å². The summed E-state index contributed by atoms with van der Waals surface area (Å²) in [6.45, 7) is 6.34. The summed E-state index contributed by atoms with van der Waals surface area (Å²) in [7, 11) is 0. The van der Waals surface area contributed by atoms with Crippen molar-refractivity contribution in [2.24, 2.45) is 5.73 Å². The molecule has 1 aromatic carbocycles. The first-order valence-corrected chi connectivity index (χ1v) is 8.37. The highest BCUT2D eigenvalue weighted by atomic mass is 35.5. The van der Waals surface area contributed by atoms with Crippen molar-refractivity contribution >= 4 is 35.1 Å². The molecule has 6 nitrogen and oxygen atoms in total. The lowest BCUT2D eigenvalue weighted by Gasteiger charge is -2.16. The Balaban J connectivity index is 1.93. The van der Waals surface area contributed by atoms with Crippen molar-refractivity contribution in [3.05, 3.63) is 40.9 Å². The fraction of sp³-hybridized carbons (Fsp3) is 0.235. The van der Waals surface area contributed by atoms with Gasteiger partial charge in [-0.25, -0.2) is 10.2 Å². The first-order chi connectivity index (χ1) is 12.0. The second kappa shape index (κ2) is 5.68. The maximum atomic E-state index is 9.26. The van der Waals surface area contributed by atoms with Gasteiger partial charge in [0.15, 0.2) is 11.5 Å². The number of fused-ring (bicyclic) bond motifs is 2. The molecule has 0 unspecified atom stereocenters. The molecule has 4 rings (SSSR count). The number of halogens is 1. The molecule has 0 radical (unpaired) electrons. The van der Waals surface area contributed by atoms with Gasteiger partial charge in [0, 0.05) is 42.0 Å². The van der Waals surface area contributed by atoms with Gasteiger partial charge in [-0.2, -0.15) is 5.10 Å². The molecule has 0 bridgehead atoms. The smallest absolute Gasteiger partial charge is 0.275 e. The Morgan fingerprint density at radius 1 is 1.52 bits per heavy atom. The zero-order valence-corrected chi connectivity index (χ0v) is 14.5. The lowest BCUT2D eigenvalue weighted by Crippen LogP contribution is -2.26. The van der Waals surface area contributed by atoms with Crippen molar-refractivity contribution in [2.75, 3.05) is 0 Å². The summed E-state index contributed by atoms with van der Waals surface area (Å²) < 4.78 is 7.45. The summed E-state index contributed by atoms with van der Waals surface area (Å²) in [6, 6.07) is 3.69. The fourth-order valence-corrected chi connectivity index (χ4v) is 3.65. The van der Waals surface area contributed by atoms with Gasteiger partial charge in [0.2, 0.25) is 0 Å². The van der Waals surface area contributed by atoms with E-state index in [2.05, 4.69) is 17.5 Å². The van der Waals surface area contributed by atoms with Gasteiger partial charge >= 0.3 is 0 Å². The third-order valence-electron chi connectivity index (χ3n) is 4.52. The Hall–Kier alpha value is -2.72. The number of hydrogen-bond donors (Lipinski definition) is 1. The van der Waals surface area contributed by atoms with Crippen molar-refractivity contribution in [2.45, 2.75) is 26.1 Å². The van der Waals surface area contributed by atoms with E-state index >= 15 is 0 Å². The van der Waals surface area contributed by atoms with Crippen LogP contribution < -0.4 is 5.73 Å². The molecule has 25 heavy (non-hydrogen) atoms. The molecule has 1 aliphatic rings. The van der Waals surface area contributed by atoms with E-state index < -0.39 is 0 Å². The molecule has 0 atom stereocenters. The Labute approximate surface area is 150 Å². The molecule has 2 aromatic heterocycles. The number of rotatable bonds is 2. The molecule has 0 amide bonds. The highest BCUT2D eigenvalue weighted by Crippen LogP contribution is 2.36. The second-order valence-electron chi connectivity index (χ2n) is 6.28. The van der Waals surface area contributed by atoms with Crippen LogP contribution >= 0.6 is 11.6 Å². The molecular weight excluding hydrogens is 336 g/mol. The van der Waals surface area contributed by atoms with E-state index in [0.29, 0.717) is 46.3 Å². The molecule has 3 heterocycles. The topological polar surface area (TPSA) is 93.7 Å². The molecule has 3 aromatic rings. The Morgan fingerprint density at radius 3 is 3.04 bits per heavy atom. The summed E-state index contributed by atoms with van der Waals surface area (Å²) in [5.41, 5.74) is 11.0. The van der Waals surface area contributed by atoms with Crippen molar-refractivity contribution in [1.82, 2.24) is 14.8 Å². The minimum atomic E-state index is -0.0283. The molecule has 0 saturated carbocycles. The van der Waals surface area contributed by atoms with Crippen LogP contribution in [0, 0.1) is 18.2 Å². The van der Waals surface area contributed by atoms with Crippen LogP contribution in [0.5, 0.6) is 0 Å². The normalized spacial score (nSPS) is 13.7. The van der Waals surface area contributed by atoms with Crippen LogP contribution in [-0.2, 0) is 12.9 Å². The van der Waals surface area contributed by atoms with Gasteiger partial charge in [-0.05, 0) is 24.8 Å². The molecule has 0 fully saturated rings. The van der Waals surface area contributed by atoms with Crippen LogP contribution in [0.1, 0.15) is 17.1 Å².